The largest absolute Gasteiger partial charge is 0.399 e. The average molecular weight is 317 g/mol. The van der Waals surface area contributed by atoms with Crippen LogP contribution in [0.3, 0.4) is 0 Å². The van der Waals surface area contributed by atoms with E-state index in [1.807, 2.05) is 6.07 Å². The predicted molar refractivity (Wildman–Crippen MR) is 96.4 cm³/mol. The lowest BCUT2D eigenvalue weighted by molar-refractivity contribution is 0.276. The number of anilines is 1. The molecular weight excluding hydrogens is 292 g/mol. The minimum Gasteiger partial charge on any atom is -0.399 e. The van der Waals surface area contributed by atoms with Gasteiger partial charge in [-0.2, -0.15) is 0 Å². The van der Waals surface area contributed by atoms with E-state index in [1.54, 1.807) is 0 Å². The van der Waals surface area contributed by atoms with Crippen LogP contribution in [0, 0.1) is 0 Å². The highest BCUT2D eigenvalue weighted by Gasteiger charge is 2.18. The number of nitrogens with zero attached hydrogens (tertiary/aromatic N) is 1. The van der Waals surface area contributed by atoms with E-state index in [-0.39, 0.29) is 12.4 Å². The third kappa shape index (κ3) is 4.49. The summed E-state index contributed by atoms with van der Waals surface area (Å²) in [6.07, 6.45) is 3.84. The normalized spacial score (nSPS) is 19.2. The van der Waals surface area contributed by atoms with Crippen LogP contribution in [0.5, 0.6) is 0 Å². The van der Waals surface area contributed by atoms with Gasteiger partial charge in [-0.25, -0.2) is 0 Å². The first-order chi connectivity index (χ1) is 10.3. The molecule has 1 atom stereocenters. The Bertz CT molecular complexity index is 571. The Hall–Kier alpha value is -1.51. The van der Waals surface area contributed by atoms with E-state index in [9.17, 15) is 0 Å². The van der Waals surface area contributed by atoms with Crippen LogP contribution in [0.15, 0.2) is 54.6 Å². The quantitative estimate of drug-likeness (QED) is 0.847. The number of benzene rings is 2. The minimum atomic E-state index is 0. The van der Waals surface area contributed by atoms with E-state index in [0.29, 0.717) is 0 Å². The van der Waals surface area contributed by atoms with E-state index >= 15 is 0 Å². The van der Waals surface area contributed by atoms with E-state index < -0.39 is 0 Å². The molecule has 118 valence electrons. The van der Waals surface area contributed by atoms with Crippen molar-refractivity contribution in [3.05, 3.63) is 65.7 Å². The summed E-state index contributed by atoms with van der Waals surface area (Å²) in [4.78, 5) is 2.57. The minimum absolute atomic E-state index is 0. The summed E-state index contributed by atoms with van der Waals surface area (Å²) in [7, 11) is 0. The second kappa shape index (κ2) is 8.21. The average Bonchev–Trinajstić information content (AvgIpc) is 2.74. The van der Waals surface area contributed by atoms with Gasteiger partial charge in [0.15, 0.2) is 0 Å². The van der Waals surface area contributed by atoms with Crippen molar-refractivity contribution >= 4 is 18.1 Å². The molecule has 0 spiro atoms. The molecule has 22 heavy (non-hydrogen) atoms. The summed E-state index contributed by atoms with van der Waals surface area (Å²) in [5, 5.41) is 0. The lowest BCUT2D eigenvalue weighted by atomic mass is 9.92. The summed E-state index contributed by atoms with van der Waals surface area (Å²) in [6, 6.07) is 19.3. The lowest BCUT2D eigenvalue weighted by Crippen LogP contribution is -2.24. The van der Waals surface area contributed by atoms with Crippen molar-refractivity contribution in [1.82, 2.24) is 4.90 Å². The Morgan fingerprint density at radius 3 is 2.55 bits per heavy atom. The smallest absolute Gasteiger partial charge is 0.0317 e. The third-order valence-corrected chi connectivity index (χ3v) is 4.45. The van der Waals surface area contributed by atoms with Crippen LogP contribution in [0.4, 0.5) is 5.69 Å². The van der Waals surface area contributed by atoms with Gasteiger partial charge >= 0.3 is 0 Å². The highest BCUT2D eigenvalue weighted by molar-refractivity contribution is 5.85. The number of halogens is 1. The molecule has 1 heterocycles. The van der Waals surface area contributed by atoms with E-state index in [1.165, 1.54) is 43.5 Å². The van der Waals surface area contributed by atoms with Gasteiger partial charge in [0.05, 0.1) is 0 Å². The van der Waals surface area contributed by atoms with E-state index in [4.69, 9.17) is 5.73 Å². The standard InChI is InChI=1S/C19H24N2.ClH/c20-19-10-4-6-16(14-19)15-21-12-5-9-18(11-13-21)17-7-2-1-3-8-17;/h1-4,6-8,10,14,18H,5,9,11-13,15,20H2;1H. The fraction of sp³-hybridized carbons (Fsp3) is 0.368. The number of nitrogen functional groups attached to an aromatic ring is 1. The lowest BCUT2D eigenvalue weighted by Gasteiger charge is -2.20. The molecule has 3 heteroatoms. The Kier molecular flexibility index (Phi) is 6.29. The molecule has 1 aliphatic heterocycles. The fourth-order valence-electron chi connectivity index (χ4n) is 3.32. The summed E-state index contributed by atoms with van der Waals surface area (Å²) >= 11 is 0. The molecule has 2 N–H and O–H groups in total. The van der Waals surface area contributed by atoms with Gasteiger partial charge in [0.25, 0.3) is 0 Å². The topological polar surface area (TPSA) is 29.3 Å². The molecule has 2 nitrogen and oxygen atoms in total. The van der Waals surface area contributed by atoms with Gasteiger partial charge in [-0.3, -0.25) is 4.90 Å². The number of hydrogen-bond acceptors (Lipinski definition) is 2. The van der Waals surface area contributed by atoms with Crippen LogP contribution < -0.4 is 5.73 Å². The number of hydrogen-bond donors (Lipinski definition) is 1. The highest BCUT2D eigenvalue weighted by atomic mass is 35.5. The molecular formula is C19H25ClN2. The molecule has 1 fully saturated rings. The Labute approximate surface area is 139 Å². The molecule has 2 aromatic carbocycles. The third-order valence-electron chi connectivity index (χ3n) is 4.45. The zero-order valence-electron chi connectivity index (χ0n) is 12.9. The van der Waals surface area contributed by atoms with Gasteiger partial charge in [0, 0.05) is 12.2 Å². The summed E-state index contributed by atoms with van der Waals surface area (Å²) in [5.41, 5.74) is 9.57. The molecule has 0 amide bonds. The zero-order chi connectivity index (χ0) is 14.5. The Morgan fingerprint density at radius 2 is 1.77 bits per heavy atom. The van der Waals surface area contributed by atoms with Gasteiger partial charge in [-0.05, 0) is 61.5 Å². The summed E-state index contributed by atoms with van der Waals surface area (Å²) in [5.74, 6) is 0.719. The molecule has 0 aromatic heterocycles. The Morgan fingerprint density at radius 1 is 0.955 bits per heavy atom. The highest BCUT2D eigenvalue weighted by Crippen LogP contribution is 2.28. The fourth-order valence-corrected chi connectivity index (χ4v) is 3.32. The van der Waals surface area contributed by atoms with Crippen molar-refractivity contribution in [2.24, 2.45) is 0 Å². The van der Waals surface area contributed by atoms with E-state index in [0.717, 1.165) is 18.2 Å². The molecule has 1 saturated heterocycles. The number of likely N-dealkylation sites (tertiary alicyclic amines) is 1. The summed E-state index contributed by atoms with van der Waals surface area (Å²) < 4.78 is 0. The second-order valence-corrected chi connectivity index (χ2v) is 6.06. The van der Waals surface area contributed by atoms with E-state index in [2.05, 4.69) is 53.4 Å². The summed E-state index contributed by atoms with van der Waals surface area (Å²) in [6.45, 7) is 3.39. The molecule has 0 bridgehead atoms. The maximum atomic E-state index is 5.87. The maximum absolute atomic E-state index is 5.87. The van der Waals surface area contributed by atoms with Gasteiger partial charge in [-0.1, -0.05) is 42.5 Å². The van der Waals surface area contributed by atoms with Crippen molar-refractivity contribution in [2.45, 2.75) is 31.7 Å². The molecule has 1 unspecified atom stereocenters. The van der Waals surface area contributed by atoms with Crippen LogP contribution in [-0.4, -0.2) is 18.0 Å². The first-order valence-corrected chi connectivity index (χ1v) is 7.93. The first-order valence-electron chi connectivity index (χ1n) is 7.93. The first kappa shape index (κ1) is 16.9. The van der Waals surface area contributed by atoms with Crippen molar-refractivity contribution in [3.63, 3.8) is 0 Å². The number of nitrogens with two attached hydrogens (primary N) is 1. The van der Waals surface area contributed by atoms with Crippen LogP contribution in [0.2, 0.25) is 0 Å². The van der Waals surface area contributed by atoms with Crippen LogP contribution in [0.1, 0.15) is 36.3 Å². The molecule has 0 saturated carbocycles. The molecule has 3 rings (SSSR count). The zero-order valence-corrected chi connectivity index (χ0v) is 13.8. The van der Waals surface area contributed by atoms with Gasteiger partial charge in [-0.15, -0.1) is 12.4 Å². The maximum Gasteiger partial charge on any atom is 0.0317 e. The SMILES string of the molecule is Cl.Nc1cccc(CN2CCCC(c3ccccc3)CC2)c1. The molecule has 0 aliphatic carbocycles. The molecule has 2 aromatic rings. The van der Waals surface area contributed by atoms with Crippen molar-refractivity contribution < 1.29 is 0 Å². The predicted octanol–water partition coefficient (Wildman–Crippen LogP) is 4.46. The van der Waals surface area contributed by atoms with Crippen molar-refractivity contribution in [1.29, 1.82) is 0 Å². The molecule has 1 aliphatic rings. The van der Waals surface area contributed by atoms with Crippen molar-refractivity contribution in [3.8, 4) is 0 Å². The van der Waals surface area contributed by atoms with Gasteiger partial charge < -0.3 is 5.73 Å². The molecule has 0 radical (unpaired) electrons. The van der Waals surface area contributed by atoms with Crippen LogP contribution in [-0.2, 0) is 6.54 Å². The number of rotatable bonds is 3. The van der Waals surface area contributed by atoms with Crippen LogP contribution in [0.25, 0.3) is 0 Å². The Balaban J connectivity index is 0.00000176. The van der Waals surface area contributed by atoms with Gasteiger partial charge in [0.1, 0.15) is 0 Å². The van der Waals surface area contributed by atoms with Crippen LogP contribution >= 0.6 is 12.4 Å². The second-order valence-electron chi connectivity index (χ2n) is 6.06. The van der Waals surface area contributed by atoms with Crippen molar-refractivity contribution in [2.75, 3.05) is 18.8 Å². The van der Waals surface area contributed by atoms with Gasteiger partial charge in [0.2, 0.25) is 0 Å². The monoisotopic (exact) mass is 316 g/mol.